The number of ether oxygens (including phenoxy) is 2. The number of alkyl carbamates (subject to hydrolysis) is 1. The van der Waals surface area contributed by atoms with E-state index in [1.807, 2.05) is 12.2 Å². The average molecular weight is 311 g/mol. The molecule has 0 spiro atoms. The molecule has 2 N–H and O–H groups in total. The van der Waals surface area contributed by atoms with Crippen molar-refractivity contribution in [2.24, 2.45) is 0 Å². The van der Waals surface area contributed by atoms with Gasteiger partial charge in [0.05, 0.1) is 6.26 Å². The number of rotatable bonds is 7. The fraction of sp³-hybridized carbons (Fsp3) is 0.625. The van der Waals surface area contributed by atoms with E-state index in [4.69, 9.17) is 14.6 Å². The zero-order chi connectivity index (χ0) is 16.6. The molecule has 0 fully saturated rings. The lowest BCUT2D eigenvalue weighted by Crippen LogP contribution is -2.39. The van der Waals surface area contributed by atoms with E-state index in [1.54, 1.807) is 27.0 Å². The van der Waals surface area contributed by atoms with Gasteiger partial charge in [-0.1, -0.05) is 0 Å². The molecule has 0 saturated carbocycles. The first-order valence-corrected chi connectivity index (χ1v) is 7.45. The Morgan fingerprint density at radius 1 is 1.45 bits per heavy atom. The lowest BCUT2D eigenvalue weighted by Gasteiger charge is -2.24. The summed E-state index contributed by atoms with van der Waals surface area (Å²) in [6.45, 7) is 5.92. The summed E-state index contributed by atoms with van der Waals surface area (Å²) in [6.07, 6.45) is 6.73. The fourth-order valence-corrected chi connectivity index (χ4v) is 2.05. The van der Waals surface area contributed by atoms with E-state index in [-0.39, 0.29) is 12.5 Å². The Labute approximate surface area is 131 Å². The summed E-state index contributed by atoms with van der Waals surface area (Å²) in [5.74, 6) is -0.832. The number of amides is 1. The summed E-state index contributed by atoms with van der Waals surface area (Å²) in [5.41, 5.74) is 0.496. The first-order chi connectivity index (χ1) is 10.3. The second-order valence-corrected chi connectivity index (χ2v) is 6.25. The van der Waals surface area contributed by atoms with E-state index < -0.39 is 17.7 Å². The number of carbonyl (C=O) groups is 2. The molecule has 0 radical (unpaired) electrons. The van der Waals surface area contributed by atoms with Gasteiger partial charge in [-0.25, -0.2) is 4.79 Å². The van der Waals surface area contributed by atoms with Gasteiger partial charge in [0, 0.05) is 12.5 Å². The SMILES string of the molecule is CC(C)(C)OC(=O)NC(CCCC(=O)O)CC1=CCOC=C1. The predicted molar refractivity (Wildman–Crippen MR) is 82.4 cm³/mol. The number of carboxylic acid groups (broad SMARTS) is 1. The van der Waals surface area contributed by atoms with Crippen LogP contribution in [0.2, 0.25) is 0 Å². The Bertz CT molecular complexity index is 448. The van der Waals surface area contributed by atoms with Crippen molar-refractivity contribution in [1.29, 1.82) is 0 Å². The van der Waals surface area contributed by atoms with Gasteiger partial charge in [-0.15, -0.1) is 0 Å². The lowest BCUT2D eigenvalue weighted by molar-refractivity contribution is -0.137. The normalized spacial score (nSPS) is 15.5. The van der Waals surface area contributed by atoms with Crippen molar-refractivity contribution in [3.05, 3.63) is 24.0 Å². The number of hydrogen-bond acceptors (Lipinski definition) is 4. The third-order valence-corrected chi connectivity index (χ3v) is 2.97. The minimum atomic E-state index is -0.832. The van der Waals surface area contributed by atoms with Crippen LogP contribution in [-0.2, 0) is 14.3 Å². The molecule has 0 bridgehead atoms. The zero-order valence-electron chi connectivity index (χ0n) is 13.4. The van der Waals surface area contributed by atoms with Crippen molar-refractivity contribution in [1.82, 2.24) is 5.32 Å². The molecule has 0 aromatic carbocycles. The highest BCUT2D eigenvalue weighted by molar-refractivity contribution is 5.68. The maximum atomic E-state index is 11.9. The average Bonchev–Trinajstić information content (AvgIpc) is 2.36. The molecule has 0 aliphatic carbocycles. The molecule has 6 nitrogen and oxygen atoms in total. The molecule has 0 aromatic rings. The Hall–Kier alpha value is -1.98. The molecular formula is C16H25NO5. The molecule has 0 saturated heterocycles. The van der Waals surface area contributed by atoms with Crippen molar-refractivity contribution >= 4 is 12.1 Å². The summed E-state index contributed by atoms with van der Waals surface area (Å²) < 4.78 is 10.4. The van der Waals surface area contributed by atoms with Crippen LogP contribution in [-0.4, -0.2) is 35.4 Å². The van der Waals surface area contributed by atoms with Crippen LogP contribution >= 0.6 is 0 Å². The monoisotopic (exact) mass is 311 g/mol. The fourth-order valence-electron chi connectivity index (χ4n) is 2.05. The van der Waals surface area contributed by atoms with Gasteiger partial charge >= 0.3 is 12.1 Å². The standard InChI is InChI=1S/C16H25NO5/c1-16(2,3)22-15(20)17-13(5-4-6-14(18)19)11-12-7-9-21-10-8-12/h7-9,13H,4-6,10-11H2,1-3H3,(H,17,20)(H,18,19). The molecule has 22 heavy (non-hydrogen) atoms. The van der Waals surface area contributed by atoms with Crippen LogP contribution in [0.15, 0.2) is 24.0 Å². The molecule has 6 heteroatoms. The van der Waals surface area contributed by atoms with Crippen LogP contribution in [0, 0.1) is 0 Å². The minimum absolute atomic E-state index is 0.0878. The zero-order valence-corrected chi connectivity index (χ0v) is 13.4. The first-order valence-electron chi connectivity index (χ1n) is 7.45. The Morgan fingerprint density at radius 2 is 2.18 bits per heavy atom. The topological polar surface area (TPSA) is 84.9 Å². The second-order valence-electron chi connectivity index (χ2n) is 6.25. The molecule has 1 atom stereocenters. The van der Waals surface area contributed by atoms with Crippen LogP contribution in [0.4, 0.5) is 4.79 Å². The van der Waals surface area contributed by atoms with Crippen LogP contribution in [0.1, 0.15) is 46.5 Å². The first kappa shape index (κ1) is 18.1. The van der Waals surface area contributed by atoms with Crippen LogP contribution < -0.4 is 5.32 Å². The largest absolute Gasteiger partial charge is 0.497 e. The van der Waals surface area contributed by atoms with Gasteiger partial charge in [-0.2, -0.15) is 0 Å². The molecule has 124 valence electrons. The maximum Gasteiger partial charge on any atom is 0.407 e. The summed E-state index contributed by atoms with van der Waals surface area (Å²) in [4.78, 5) is 22.5. The van der Waals surface area contributed by atoms with Crippen molar-refractivity contribution in [3.63, 3.8) is 0 Å². The van der Waals surface area contributed by atoms with Gasteiger partial charge in [0.25, 0.3) is 0 Å². The van der Waals surface area contributed by atoms with E-state index >= 15 is 0 Å². The van der Waals surface area contributed by atoms with Crippen LogP contribution in [0.25, 0.3) is 0 Å². The maximum absolute atomic E-state index is 11.9. The minimum Gasteiger partial charge on any atom is -0.497 e. The molecule has 1 rings (SSSR count). The molecule has 1 unspecified atom stereocenters. The van der Waals surface area contributed by atoms with Gasteiger partial charge in [0.1, 0.15) is 12.2 Å². The third kappa shape index (κ3) is 8.34. The Morgan fingerprint density at radius 3 is 2.73 bits per heavy atom. The second kappa shape index (κ2) is 8.46. The van der Waals surface area contributed by atoms with Crippen molar-refractivity contribution in [3.8, 4) is 0 Å². The number of hydrogen-bond donors (Lipinski definition) is 2. The third-order valence-electron chi connectivity index (χ3n) is 2.97. The molecule has 1 amide bonds. The van der Waals surface area contributed by atoms with Crippen LogP contribution in [0.3, 0.4) is 0 Å². The van der Waals surface area contributed by atoms with Crippen molar-refractivity contribution in [2.45, 2.75) is 58.1 Å². The number of carbonyl (C=O) groups excluding carboxylic acids is 1. The smallest absolute Gasteiger partial charge is 0.407 e. The van der Waals surface area contributed by atoms with Crippen molar-refractivity contribution < 1.29 is 24.2 Å². The molecular weight excluding hydrogens is 286 g/mol. The summed E-state index contributed by atoms with van der Waals surface area (Å²) in [5, 5.41) is 11.6. The highest BCUT2D eigenvalue weighted by atomic mass is 16.6. The van der Waals surface area contributed by atoms with Gasteiger partial charge < -0.3 is 19.9 Å². The molecule has 0 aromatic heterocycles. The van der Waals surface area contributed by atoms with Gasteiger partial charge in [0.2, 0.25) is 0 Å². The Balaban J connectivity index is 2.56. The van der Waals surface area contributed by atoms with E-state index in [0.717, 1.165) is 5.57 Å². The van der Waals surface area contributed by atoms with Crippen molar-refractivity contribution in [2.75, 3.05) is 6.61 Å². The quantitative estimate of drug-likeness (QED) is 0.755. The molecule has 1 heterocycles. The number of aliphatic carboxylic acids is 1. The van der Waals surface area contributed by atoms with E-state index in [9.17, 15) is 9.59 Å². The molecule has 1 aliphatic heterocycles. The highest BCUT2D eigenvalue weighted by Crippen LogP contribution is 2.16. The summed E-state index contributed by atoms with van der Waals surface area (Å²) in [7, 11) is 0. The van der Waals surface area contributed by atoms with E-state index in [1.165, 1.54) is 0 Å². The van der Waals surface area contributed by atoms with Gasteiger partial charge in [-0.05, 0) is 57.8 Å². The van der Waals surface area contributed by atoms with Gasteiger partial charge in [0.15, 0.2) is 0 Å². The van der Waals surface area contributed by atoms with Crippen LogP contribution in [0.5, 0.6) is 0 Å². The molecule has 1 aliphatic rings. The highest BCUT2D eigenvalue weighted by Gasteiger charge is 2.20. The summed E-state index contributed by atoms with van der Waals surface area (Å²) >= 11 is 0. The predicted octanol–water partition coefficient (Wildman–Crippen LogP) is 3.00. The van der Waals surface area contributed by atoms with E-state index in [2.05, 4.69) is 5.32 Å². The lowest BCUT2D eigenvalue weighted by atomic mass is 10.00. The number of carboxylic acids is 1. The summed E-state index contributed by atoms with van der Waals surface area (Å²) in [6, 6.07) is -0.164. The number of allylic oxidation sites excluding steroid dienone is 1. The van der Waals surface area contributed by atoms with E-state index in [0.29, 0.717) is 25.9 Å². The number of nitrogens with one attached hydrogen (secondary N) is 1. The van der Waals surface area contributed by atoms with Gasteiger partial charge in [-0.3, -0.25) is 4.79 Å². The Kier molecular flexibility index (Phi) is 6.95.